The number of carbonyl (C=O) groups excluding carboxylic acids is 3. The first-order valence-electron chi connectivity index (χ1n) is 13.3. The van der Waals surface area contributed by atoms with Gasteiger partial charge in [0, 0.05) is 13.1 Å². The van der Waals surface area contributed by atoms with Crippen molar-refractivity contribution in [2.45, 2.75) is 43.2 Å². The normalized spacial score (nSPS) is 27.6. The fourth-order valence-electron chi connectivity index (χ4n) is 6.61. The summed E-state index contributed by atoms with van der Waals surface area (Å²) in [7, 11) is 0. The molecule has 3 aliphatic heterocycles. The van der Waals surface area contributed by atoms with E-state index in [1.165, 1.54) is 11.0 Å². The van der Waals surface area contributed by atoms with Gasteiger partial charge in [0.25, 0.3) is 0 Å². The Hall–Kier alpha value is -3.75. The summed E-state index contributed by atoms with van der Waals surface area (Å²) in [6, 6.07) is 16.9. The number of amides is 2. The van der Waals surface area contributed by atoms with Crippen molar-refractivity contribution in [2.75, 3.05) is 19.8 Å². The van der Waals surface area contributed by atoms with E-state index >= 15 is 0 Å². The van der Waals surface area contributed by atoms with Gasteiger partial charge in [-0.15, -0.1) is 6.58 Å². The van der Waals surface area contributed by atoms with Gasteiger partial charge in [-0.05, 0) is 24.0 Å². The lowest BCUT2D eigenvalue weighted by atomic mass is 9.70. The summed E-state index contributed by atoms with van der Waals surface area (Å²) >= 11 is 0. The number of fused-ring (bicyclic) bond motifs is 1. The van der Waals surface area contributed by atoms with E-state index in [1.807, 2.05) is 60.7 Å². The molecule has 2 unspecified atom stereocenters. The zero-order chi connectivity index (χ0) is 27.6. The minimum atomic E-state index is -1.20. The number of benzene rings is 2. The van der Waals surface area contributed by atoms with E-state index in [0.29, 0.717) is 24.9 Å². The van der Waals surface area contributed by atoms with Crippen molar-refractivity contribution in [1.29, 1.82) is 0 Å². The molecule has 39 heavy (non-hydrogen) atoms. The maximum Gasteiger partial charge on any atom is 0.312 e. The molecule has 2 bridgehead atoms. The van der Waals surface area contributed by atoms with E-state index in [4.69, 9.17) is 9.47 Å². The number of likely N-dealkylation sites (tertiary alicyclic amines) is 1. The third-order valence-corrected chi connectivity index (χ3v) is 8.16. The molecular formula is C31H34N2O6. The Kier molecular flexibility index (Phi) is 7.68. The van der Waals surface area contributed by atoms with Crippen LogP contribution < -0.4 is 0 Å². The molecule has 0 aliphatic carbocycles. The topological polar surface area (TPSA) is 96.4 Å². The van der Waals surface area contributed by atoms with E-state index in [9.17, 15) is 19.5 Å². The summed E-state index contributed by atoms with van der Waals surface area (Å²) in [5, 5.41) is 10.6. The van der Waals surface area contributed by atoms with E-state index in [0.717, 1.165) is 5.56 Å². The molecule has 1 N–H and O–H groups in total. The molecule has 204 valence electrons. The monoisotopic (exact) mass is 530 g/mol. The molecule has 3 heterocycles. The van der Waals surface area contributed by atoms with Crippen molar-refractivity contribution in [3.05, 3.63) is 97.1 Å². The SMILES string of the molecule is C=CCOC(=O)[C@@H]1[C@H]2C(=O)N([C@H](CO)c3ccccc3)C(C(=O)N(CC=C)Cc3ccccc3)C23CC[C@H]1O3. The largest absolute Gasteiger partial charge is 0.461 e. The molecule has 3 fully saturated rings. The molecular weight excluding hydrogens is 496 g/mol. The zero-order valence-corrected chi connectivity index (χ0v) is 21.9. The van der Waals surface area contributed by atoms with E-state index in [1.54, 1.807) is 11.0 Å². The van der Waals surface area contributed by atoms with Gasteiger partial charge in [0.15, 0.2) is 0 Å². The molecule has 3 saturated heterocycles. The molecule has 8 heteroatoms. The van der Waals surface area contributed by atoms with Crippen LogP contribution in [-0.2, 0) is 30.4 Å². The average molecular weight is 531 g/mol. The number of aliphatic hydroxyl groups is 1. The fraction of sp³-hybridized carbons (Fsp3) is 0.387. The van der Waals surface area contributed by atoms with Crippen LogP contribution in [0.5, 0.6) is 0 Å². The van der Waals surface area contributed by atoms with Crippen LogP contribution in [0.1, 0.15) is 30.0 Å². The minimum absolute atomic E-state index is 0.0233. The number of ether oxygens (including phenoxy) is 2. The van der Waals surface area contributed by atoms with Crippen molar-refractivity contribution in [3.63, 3.8) is 0 Å². The van der Waals surface area contributed by atoms with Crippen LogP contribution in [-0.4, -0.2) is 70.2 Å². The van der Waals surface area contributed by atoms with Gasteiger partial charge in [0.05, 0.1) is 30.6 Å². The van der Waals surface area contributed by atoms with Crippen molar-refractivity contribution >= 4 is 17.8 Å². The Bertz CT molecular complexity index is 1230. The number of esters is 1. The number of carbonyl (C=O) groups is 3. The van der Waals surface area contributed by atoms with E-state index in [2.05, 4.69) is 13.2 Å². The molecule has 0 radical (unpaired) electrons. The van der Waals surface area contributed by atoms with Crippen LogP contribution in [0.15, 0.2) is 86.0 Å². The van der Waals surface area contributed by atoms with E-state index < -0.39 is 48.2 Å². The van der Waals surface area contributed by atoms with Crippen LogP contribution in [0.25, 0.3) is 0 Å². The molecule has 1 spiro atoms. The third-order valence-electron chi connectivity index (χ3n) is 8.16. The molecule has 2 aromatic carbocycles. The summed E-state index contributed by atoms with van der Waals surface area (Å²) in [6.45, 7) is 7.66. The van der Waals surface area contributed by atoms with Crippen molar-refractivity contribution in [3.8, 4) is 0 Å². The second kappa shape index (κ2) is 11.2. The summed E-state index contributed by atoms with van der Waals surface area (Å²) < 4.78 is 11.9. The first-order valence-corrected chi connectivity index (χ1v) is 13.3. The zero-order valence-electron chi connectivity index (χ0n) is 21.9. The predicted molar refractivity (Wildman–Crippen MR) is 144 cm³/mol. The average Bonchev–Trinajstić information content (AvgIpc) is 3.60. The van der Waals surface area contributed by atoms with Crippen LogP contribution in [0.2, 0.25) is 0 Å². The van der Waals surface area contributed by atoms with Gasteiger partial charge in [-0.2, -0.15) is 0 Å². The minimum Gasteiger partial charge on any atom is -0.461 e. The van der Waals surface area contributed by atoms with Gasteiger partial charge in [0.2, 0.25) is 11.8 Å². The first kappa shape index (κ1) is 26.8. The highest BCUT2D eigenvalue weighted by molar-refractivity contribution is 5.98. The van der Waals surface area contributed by atoms with Gasteiger partial charge < -0.3 is 24.4 Å². The second-order valence-corrected chi connectivity index (χ2v) is 10.3. The summed E-state index contributed by atoms with van der Waals surface area (Å²) in [5.41, 5.74) is 0.428. The summed E-state index contributed by atoms with van der Waals surface area (Å²) in [5.74, 6) is -2.92. The Balaban J connectivity index is 1.59. The number of hydrogen-bond donors (Lipinski definition) is 1. The predicted octanol–water partition coefficient (Wildman–Crippen LogP) is 3.04. The van der Waals surface area contributed by atoms with Crippen molar-refractivity contribution in [2.24, 2.45) is 11.8 Å². The molecule has 8 nitrogen and oxygen atoms in total. The van der Waals surface area contributed by atoms with Crippen LogP contribution >= 0.6 is 0 Å². The van der Waals surface area contributed by atoms with Crippen LogP contribution in [0.4, 0.5) is 0 Å². The van der Waals surface area contributed by atoms with Crippen LogP contribution in [0, 0.1) is 11.8 Å². The number of nitrogens with zero attached hydrogens (tertiary/aromatic N) is 2. The fourth-order valence-corrected chi connectivity index (χ4v) is 6.61. The molecule has 0 aromatic heterocycles. The third kappa shape index (κ3) is 4.57. The highest BCUT2D eigenvalue weighted by Gasteiger charge is 2.75. The standard InChI is InChI=1S/C31H34N2O6/c1-3-17-32(19-21-11-7-5-8-12-21)29(36)27-31-16-15-24(39-31)25(30(37)38-18-4-2)26(31)28(35)33(27)23(20-34)22-13-9-6-10-14-22/h3-14,23-27,34H,1-2,15-20H2/t23-,24-,25+,26+,27?,31?/m1/s1. The quantitative estimate of drug-likeness (QED) is 0.355. The highest BCUT2D eigenvalue weighted by atomic mass is 16.6. The van der Waals surface area contributed by atoms with Gasteiger partial charge in [-0.3, -0.25) is 14.4 Å². The number of rotatable bonds is 11. The van der Waals surface area contributed by atoms with E-state index in [-0.39, 0.29) is 25.0 Å². The van der Waals surface area contributed by atoms with Gasteiger partial charge >= 0.3 is 5.97 Å². The summed E-state index contributed by atoms with van der Waals surface area (Å²) in [4.78, 5) is 45.1. The number of hydrogen-bond acceptors (Lipinski definition) is 6. The Labute approximate surface area is 228 Å². The smallest absolute Gasteiger partial charge is 0.312 e. The lowest BCUT2D eigenvalue weighted by Crippen LogP contribution is -2.57. The lowest BCUT2D eigenvalue weighted by molar-refractivity contribution is -0.156. The van der Waals surface area contributed by atoms with Gasteiger partial charge in [-0.1, -0.05) is 79.4 Å². The first-order chi connectivity index (χ1) is 19.0. The Morgan fingerprint density at radius 3 is 2.46 bits per heavy atom. The molecule has 0 saturated carbocycles. The molecule has 6 atom stereocenters. The number of aliphatic hydroxyl groups excluding tert-OH is 1. The Morgan fingerprint density at radius 2 is 1.82 bits per heavy atom. The molecule has 5 rings (SSSR count). The van der Waals surface area contributed by atoms with Crippen LogP contribution in [0.3, 0.4) is 0 Å². The molecule has 2 amide bonds. The van der Waals surface area contributed by atoms with Crippen molar-refractivity contribution < 1.29 is 29.0 Å². The maximum atomic E-state index is 14.5. The van der Waals surface area contributed by atoms with Gasteiger partial charge in [-0.25, -0.2) is 0 Å². The lowest BCUT2D eigenvalue weighted by Gasteiger charge is -2.39. The molecule has 3 aliphatic rings. The van der Waals surface area contributed by atoms with Gasteiger partial charge in [0.1, 0.15) is 18.2 Å². The maximum absolute atomic E-state index is 14.5. The molecule has 2 aromatic rings. The van der Waals surface area contributed by atoms with Crippen molar-refractivity contribution in [1.82, 2.24) is 9.80 Å². The highest BCUT2D eigenvalue weighted by Crippen LogP contribution is 2.60. The second-order valence-electron chi connectivity index (χ2n) is 10.3. The summed E-state index contributed by atoms with van der Waals surface area (Å²) in [6.07, 6.45) is 3.60. The Morgan fingerprint density at radius 1 is 1.13 bits per heavy atom.